The molecule has 3 amide bonds. The van der Waals surface area contributed by atoms with Gasteiger partial charge in [-0.3, -0.25) is 19.3 Å². The number of piperidine rings is 1. The number of para-hydroxylation sites is 1. The number of amides is 3. The standard InChI is InChI=1S/C22H26N4O3/c1-15-6-2-3-7-17(15)22(29)24-16-10-12-26(13-11-16)14-20(27)25-19-9-5-4-8-18(19)21(23)28/h2-9,16H,10-14H2,1H3,(H2,23,28)(H,24,29)(H,25,27). The van der Waals surface area contributed by atoms with Crippen LogP contribution in [-0.2, 0) is 4.79 Å². The molecule has 3 rings (SSSR count). The van der Waals surface area contributed by atoms with E-state index in [1.54, 1.807) is 24.3 Å². The Labute approximate surface area is 170 Å². The van der Waals surface area contributed by atoms with Gasteiger partial charge in [-0.1, -0.05) is 30.3 Å². The summed E-state index contributed by atoms with van der Waals surface area (Å²) in [6, 6.07) is 14.3. The van der Waals surface area contributed by atoms with Crippen molar-refractivity contribution in [1.29, 1.82) is 0 Å². The summed E-state index contributed by atoms with van der Waals surface area (Å²) in [5.41, 5.74) is 7.71. The lowest BCUT2D eigenvalue weighted by atomic mass is 10.0. The molecule has 1 aliphatic heterocycles. The van der Waals surface area contributed by atoms with E-state index in [2.05, 4.69) is 10.6 Å². The van der Waals surface area contributed by atoms with Gasteiger partial charge in [-0.2, -0.15) is 0 Å². The van der Waals surface area contributed by atoms with Crippen molar-refractivity contribution in [3.8, 4) is 0 Å². The second-order valence-electron chi connectivity index (χ2n) is 7.30. The Morgan fingerprint density at radius 1 is 1.00 bits per heavy atom. The van der Waals surface area contributed by atoms with Gasteiger partial charge in [-0.15, -0.1) is 0 Å². The Morgan fingerprint density at radius 2 is 1.62 bits per heavy atom. The van der Waals surface area contributed by atoms with E-state index in [9.17, 15) is 14.4 Å². The number of likely N-dealkylation sites (tertiary alicyclic amines) is 1. The van der Waals surface area contributed by atoms with E-state index in [4.69, 9.17) is 5.73 Å². The number of benzene rings is 2. The molecule has 1 aliphatic rings. The largest absolute Gasteiger partial charge is 0.366 e. The number of nitrogens with two attached hydrogens (primary N) is 1. The fourth-order valence-electron chi connectivity index (χ4n) is 3.53. The van der Waals surface area contributed by atoms with Gasteiger partial charge in [0.15, 0.2) is 0 Å². The zero-order valence-electron chi connectivity index (χ0n) is 16.5. The molecule has 1 fully saturated rings. The predicted molar refractivity (Wildman–Crippen MR) is 112 cm³/mol. The van der Waals surface area contributed by atoms with Gasteiger partial charge in [0.05, 0.1) is 17.8 Å². The number of carbonyl (C=O) groups is 3. The number of anilines is 1. The number of carbonyl (C=O) groups excluding carboxylic acids is 3. The van der Waals surface area contributed by atoms with Gasteiger partial charge in [-0.25, -0.2) is 0 Å². The molecule has 0 aliphatic carbocycles. The van der Waals surface area contributed by atoms with E-state index in [0.717, 1.165) is 18.4 Å². The zero-order valence-corrected chi connectivity index (χ0v) is 16.5. The number of rotatable bonds is 6. The predicted octanol–water partition coefficient (Wildman–Crippen LogP) is 1.93. The van der Waals surface area contributed by atoms with Crippen LogP contribution in [0.2, 0.25) is 0 Å². The minimum Gasteiger partial charge on any atom is -0.366 e. The highest BCUT2D eigenvalue weighted by Crippen LogP contribution is 2.16. The summed E-state index contributed by atoms with van der Waals surface area (Å²) in [4.78, 5) is 38.3. The molecule has 0 atom stereocenters. The molecule has 0 spiro atoms. The first-order valence-electron chi connectivity index (χ1n) is 9.71. The van der Waals surface area contributed by atoms with Crippen LogP contribution < -0.4 is 16.4 Å². The summed E-state index contributed by atoms with van der Waals surface area (Å²) in [6.07, 6.45) is 1.56. The third kappa shape index (κ3) is 5.42. The maximum absolute atomic E-state index is 12.5. The van der Waals surface area contributed by atoms with Crippen molar-refractivity contribution in [3.05, 3.63) is 65.2 Å². The van der Waals surface area contributed by atoms with Crippen LogP contribution in [0, 0.1) is 6.92 Å². The number of hydrogen-bond acceptors (Lipinski definition) is 4. The summed E-state index contributed by atoms with van der Waals surface area (Å²) in [7, 11) is 0. The molecule has 0 saturated carbocycles. The first-order chi connectivity index (χ1) is 13.9. The van der Waals surface area contributed by atoms with E-state index < -0.39 is 5.91 Å². The van der Waals surface area contributed by atoms with Crippen LogP contribution in [0.1, 0.15) is 39.1 Å². The SMILES string of the molecule is Cc1ccccc1C(=O)NC1CCN(CC(=O)Nc2ccccc2C(N)=O)CC1. The van der Waals surface area contributed by atoms with Crippen molar-refractivity contribution < 1.29 is 14.4 Å². The molecule has 7 heteroatoms. The quantitative estimate of drug-likeness (QED) is 0.696. The molecule has 4 N–H and O–H groups in total. The first-order valence-corrected chi connectivity index (χ1v) is 9.71. The molecule has 2 aromatic carbocycles. The fourth-order valence-corrected chi connectivity index (χ4v) is 3.53. The summed E-state index contributed by atoms with van der Waals surface area (Å²) in [5.74, 6) is -0.824. The second-order valence-corrected chi connectivity index (χ2v) is 7.30. The Hall–Kier alpha value is -3.19. The van der Waals surface area contributed by atoms with E-state index in [-0.39, 0.29) is 24.4 Å². The molecule has 152 valence electrons. The third-order valence-electron chi connectivity index (χ3n) is 5.15. The summed E-state index contributed by atoms with van der Waals surface area (Å²) < 4.78 is 0. The van der Waals surface area contributed by atoms with Crippen molar-refractivity contribution in [2.45, 2.75) is 25.8 Å². The third-order valence-corrected chi connectivity index (χ3v) is 5.15. The van der Waals surface area contributed by atoms with E-state index >= 15 is 0 Å². The van der Waals surface area contributed by atoms with Crippen LogP contribution in [0.4, 0.5) is 5.69 Å². The van der Waals surface area contributed by atoms with Crippen LogP contribution in [-0.4, -0.2) is 48.3 Å². The molecule has 29 heavy (non-hydrogen) atoms. The second kappa shape index (κ2) is 9.34. The van der Waals surface area contributed by atoms with Crippen molar-refractivity contribution in [2.75, 3.05) is 25.0 Å². The van der Waals surface area contributed by atoms with E-state index in [1.165, 1.54) is 0 Å². The Balaban J connectivity index is 1.47. The van der Waals surface area contributed by atoms with E-state index in [1.807, 2.05) is 36.1 Å². The molecule has 7 nitrogen and oxygen atoms in total. The van der Waals surface area contributed by atoms with Crippen molar-refractivity contribution in [2.24, 2.45) is 5.73 Å². The molecular weight excluding hydrogens is 368 g/mol. The maximum atomic E-state index is 12.5. The lowest BCUT2D eigenvalue weighted by Crippen LogP contribution is -2.46. The number of primary amides is 1. The Morgan fingerprint density at radius 3 is 2.28 bits per heavy atom. The monoisotopic (exact) mass is 394 g/mol. The van der Waals surface area contributed by atoms with Crippen LogP contribution >= 0.6 is 0 Å². The van der Waals surface area contributed by atoms with Crippen molar-refractivity contribution >= 4 is 23.4 Å². The highest BCUT2D eigenvalue weighted by Gasteiger charge is 2.23. The molecule has 0 aromatic heterocycles. The normalized spacial score (nSPS) is 14.9. The van der Waals surface area contributed by atoms with Crippen LogP contribution in [0.3, 0.4) is 0 Å². The molecule has 0 unspecified atom stereocenters. The smallest absolute Gasteiger partial charge is 0.251 e. The number of nitrogens with one attached hydrogen (secondary N) is 2. The minimum atomic E-state index is -0.578. The van der Waals surface area contributed by atoms with Crippen molar-refractivity contribution in [1.82, 2.24) is 10.2 Å². The summed E-state index contributed by atoms with van der Waals surface area (Å²) >= 11 is 0. The average Bonchev–Trinajstić information content (AvgIpc) is 2.70. The number of aryl methyl sites for hydroxylation is 1. The number of hydrogen-bond donors (Lipinski definition) is 3. The minimum absolute atomic E-state index is 0.0534. The maximum Gasteiger partial charge on any atom is 0.251 e. The van der Waals surface area contributed by atoms with Crippen molar-refractivity contribution in [3.63, 3.8) is 0 Å². The molecule has 2 aromatic rings. The summed E-state index contributed by atoms with van der Waals surface area (Å²) in [5, 5.41) is 5.85. The number of nitrogens with zero attached hydrogens (tertiary/aromatic N) is 1. The first kappa shape index (κ1) is 20.5. The summed E-state index contributed by atoms with van der Waals surface area (Å²) in [6.45, 7) is 3.57. The highest BCUT2D eigenvalue weighted by atomic mass is 16.2. The van der Waals surface area contributed by atoms with Gasteiger partial charge in [0.2, 0.25) is 5.91 Å². The molecule has 1 saturated heterocycles. The van der Waals surface area contributed by atoms with Gasteiger partial charge in [0.25, 0.3) is 11.8 Å². The fraction of sp³-hybridized carbons (Fsp3) is 0.318. The topological polar surface area (TPSA) is 105 Å². The Kier molecular flexibility index (Phi) is 6.61. The average molecular weight is 394 g/mol. The van der Waals surface area contributed by atoms with Crippen LogP contribution in [0.15, 0.2) is 48.5 Å². The van der Waals surface area contributed by atoms with Gasteiger partial charge in [0.1, 0.15) is 0 Å². The zero-order chi connectivity index (χ0) is 20.8. The lowest BCUT2D eigenvalue weighted by molar-refractivity contribution is -0.117. The molecule has 0 radical (unpaired) electrons. The highest BCUT2D eigenvalue weighted by molar-refractivity contribution is 6.03. The van der Waals surface area contributed by atoms with Gasteiger partial charge >= 0.3 is 0 Å². The lowest BCUT2D eigenvalue weighted by Gasteiger charge is -2.32. The molecular formula is C22H26N4O3. The van der Waals surface area contributed by atoms with Crippen LogP contribution in [0.25, 0.3) is 0 Å². The Bertz CT molecular complexity index is 904. The van der Waals surface area contributed by atoms with Gasteiger partial charge in [0, 0.05) is 24.7 Å². The molecule has 0 bridgehead atoms. The van der Waals surface area contributed by atoms with Crippen LogP contribution in [0.5, 0.6) is 0 Å². The van der Waals surface area contributed by atoms with Gasteiger partial charge in [-0.05, 0) is 43.5 Å². The van der Waals surface area contributed by atoms with Gasteiger partial charge < -0.3 is 16.4 Å². The van der Waals surface area contributed by atoms with E-state index in [0.29, 0.717) is 29.9 Å². The molecule has 1 heterocycles.